The van der Waals surface area contributed by atoms with Crippen LogP contribution in [-0.2, 0) is 9.59 Å². The Bertz CT molecular complexity index is 210. The van der Waals surface area contributed by atoms with Crippen molar-refractivity contribution in [2.75, 3.05) is 13.1 Å². The highest BCUT2D eigenvalue weighted by atomic mass is 16.3. The highest BCUT2D eigenvalue weighted by Gasteiger charge is 2.27. The van der Waals surface area contributed by atoms with Crippen LogP contribution in [0.1, 0.15) is 33.6 Å². The van der Waals surface area contributed by atoms with Crippen LogP contribution in [0.25, 0.3) is 0 Å². The van der Waals surface area contributed by atoms with Gasteiger partial charge >= 0.3 is 0 Å². The molecule has 0 aromatic heterocycles. The van der Waals surface area contributed by atoms with Crippen LogP contribution in [0.3, 0.4) is 0 Å². The molecule has 1 aliphatic rings. The quantitative estimate of drug-likeness (QED) is 0.705. The number of amides is 1. The lowest BCUT2D eigenvalue weighted by Crippen LogP contribution is -2.32. The lowest BCUT2D eigenvalue weighted by molar-refractivity contribution is -0.132. The first kappa shape index (κ1) is 14.1. The molecule has 1 aliphatic heterocycles. The van der Waals surface area contributed by atoms with E-state index in [0.29, 0.717) is 13.0 Å². The van der Waals surface area contributed by atoms with Crippen molar-refractivity contribution < 1.29 is 14.7 Å². The summed E-state index contributed by atoms with van der Waals surface area (Å²) in [6.07, 6.45) is 0.999. The molecule has 0 bridgehead atoms. The summed E-state index contributed by atoms with van der Waals surface area (Å²) in [4.78, 5) is 21.4. The molecule has 0 aliphatic carbocycles. The van der Waals surface area contributed by atoms with E-state index in [1.807, 2.05) is 6.79 Å². The number of rotatable bonds is 1. The molecule has 1 saturated heterocycles. The summed E-state index contributed by atoms with van der Waals surface area (Å²) >= 11 is 0. The fourth-order valence-corrected chi connectivity index (χ4v) is 1.53. The summed E-state index contributed by atoms with van der Waals surface area (Å²) in [5, 5.41) is 9.25. The van der Waals surface area contributed by atoms with Crippen molar-refractivity contribution in [3.8, 4) is 0 Å². The van der Waals surface area contributed by atoms with Crippen LogP contribution < -0.4 is 0 Å². The summed E-state index contributed by atoms with van der Waals surface area (Å²) in [6, 6.07) is 0. The van der Waals surface area contributed by atoms with Crippen LogP contribution in [0.15, 0.2) is 0 Å². The molecule has 1 unspecified atom stereocenters. The average Bonchev–Trinajstić information content (AvgIpc) is 2.52. The molecule has 1 heterocycles. The third-order valence-electron chi connectivity index (χ3n) is 2.20. The molecule has 0 spiro atoms. The van der Waals surface area contributed by atoms with Crippen molar-refractivity contribution in [3.05, 3.63) is 0 Å². The molecule has 88 valence electrons. The Labute approximate surface area is 91.3 Å². The maximum absolute atomic E-state index is 11.6. The first-order valence-electron chi connectivity index (χ1n) is 5.13. The van der Waals surface area contributed by atoms with Gasteiger partial charge in [-0.05, 0) is 11.8 Å². The molecule has 1 N–H and O–H groups in total. The largest absolute Gasteiger partial charge is 0.391 e. The first-order valence-corrected chi connectivity index (χ1v) is 5.13. The van der Waals surface area contributed by atoms with Gasteiger partial charge < -0.3 is 14.8 Å². The van der Waals surface area contributed by atoms with Gasteiger partial charge in [-0.1, -0.05) is 20.8 Å². The van der Waals surface area contributed by atoms with E-state index in [4.69, 9.17) is 4.79 Å². The van der Waals surface area contributed by atoms with Gasteiger partial charge in [-0.25, -0.2) is 0 Å². The zero-order valence-electron chi connectivity index (χ0n) is 9.82. The molecule has 0 aromatic rings. The van der Waals surface area contributed by atoms with E-state index in [9.17, 15) is 9.90 Å². The van der Waals surface area contributed by atoms with Crippen molar-refractivity contribution in [1.82, 2.24) is 4.90 Å². The topological polar surface area (TPSA) is 57.6 Å². The van der Waals surface area contributed by atoms with Crippen molar-refractivity contribution in [3.63, 3.8) is 0 Å². The lowest BCUT2D eigenvalue weighted by atomic mass is 9.92. The zero-order chi connectivity index (χ0) is 12.1. The highest BCUT2D eigenvalue weighted by molar-refractivity contribution is 5.77. The van der Waals surface area contributed by atoms with E-state index in [2.05, 4.69) is 20.8 Å². The Kier molecular flexibility index (Phi) is 5.50. The van der Waals surface area contributed by atoms with E-state index in [-0.39, 0.29) is 17.4 Å². The number of aliphatic hydroxyl groups excluding tert-OH is 1. The van der Waals surface area contributed by atoms with E-state index < -0.39 is 0 Å². The molecule has 1 rings (SSSR count). The highest BCUT2D eigenvalue weighted by Crippen LogP contribution is 2.21. The van der Waals surface area contributed by atoms with E-state index in [0.717, 1.165) is 13.0 Å². The van der Waals surface area contributed by atoms with Gasteiger partial charge in [0.1, 0.15) is 6.79 Å². The van der Waals surface area contributed by atoms with Gasteiger partial charge in [0.2, 0.25) is 5.91 Å². The fraction of sp³-hybridized carbons (Fsp3) is 0.818. The van der Waals surface area contributed by atoms with Gasteiger partial charge in [-0.3, -0.25) is 4.79 Å². The third kappa shape index (κ3) is 5.52. The zero-order valence-corrected chi connectivity index (χ0v) is 9.82. The van der Waals surface area contributed by atoms with Crippen LogP contribution in [0, 0.1) is 5.41 Å². The van der Waals surface area contributed by atoms with Crippen LogP contribution >= 0.6 is 0 Å². The maximum Gasteiger partial charge on any atom is 0.223 e. The third-order valence-corrected chi connectivity index (χ3v) is 2.20. The van der Waals surface area contributed by atoms with Gasteiger partial charge in [-0.15, -0.1) is 0 Å². The molecule has 1 fully saturated rings. The second-order valence-corrected chi connectivity index (χ2v) is 5.02. The molecule has 1 amide bonds. The molecule has 15 heavy (non-hydrogen) atoms. The van der Waals surface area contributed by atoms with Crippen LogP contribution in [0.2, 0.25) is 0 Å². The molecular formula is C11H21NO3. The van der Waals surface area contributed by atoms with Gasteiger partial charge in [0.25, 0.3) is 0 Å². The SMILES string of the molecule is C=O.CC(C)(C)CC(=O)N1CCC(O)C1. The summed E-state index contributed by atoms with van der Waals surface area (Å²) in [5.74, 6) is 0.170. The van der Waals surface area contributed by atoms with Gasteiger partial charge in [0.05, 0.1) is 6.10 Å². The number of aliphatic hydroxyl groups is 1. The Hall–Kier alpha value is -0.900. The minimum atomic E-state index is -0.302. The van der Waals surface area contributed by atoms with Crippen LogP contribution in [-0.4, -0.2) is 41.9 Å². The molecule has 0 aromatic carbocycles. The molecular weight excluding hydrogens is 194 g/mol. The Morgan fingerprint density at radius 1 is 1.47 bits per heavy atom. The maximum atomic E-state index is 11.6. The summed E-state index contributed by atoms with van der Waals surface area (Å²) in [5.41, 5.74) is 0.0463. The van der Waals surface area contributed by atoms with E-state index >= 15 is 0 Å². The van der Waals surface area contributed by atoms with Crippen LogP contribution in [0.5, 0.6) is 0 Å². The standard InChI is InChI=1S/C10H19NO2.CH2O/c1-10(2,3)6-9(13)11-5-4-8(12)7-11;1-2/h8,12H,4-7H2,1-3H3;1H2. The van der Waals surface area contributed by atoms with Gasteiger partial charge in [-0.2, -0.15) is 0 Å². The predicted molar refractivity (Wildman–Crippen MR) is 58.4 cm³/mol. The number of hydrogen-bond acceptors (Lipinski definition) is 3. The van der Waals surface area contributed by atoms with Crippen LogP contribution in [0.4, 0.5) is 0 Å². The predicted octanol–water partition coefficient (Wildman–Crippen LogP) is 0.831. The molecule has 1 atom stereocenters. The van der Waals surface area contributed by atoms with E-state index in [1.54, 1.807) is 4.90 Å². The molecule has 0 radical (unpaired) electrons. The summed E-state index contributed by atoms with van der Waals surface area (Å²) in [7, 11) is 0. The number of hydrogen-bond donors (Lipinski definition) is 1. The van der Waals surface area contributed by atoms with Gasteiger partial charge in [0, 0.05) is 19.5 Å². The Balaban J connectivity index is 0.000000921. The fourth-order valence-electron chi connectivity index (χ4n) is 1.53. The molecule has 4 heteroatoms. The number of β-amino-alcohol motifs (C(OH)–C–C–N with tert-alkyl or cyclic N) is 1. The monoisotopic (exact) mass is 215 g/mol. The number of carbonyl (C=O) groups is 2. The Morgan fingerprint density at radius 3 is 2.33 bits per heavy atom. The van der Waals surface area contributed by atoms with Crippen molar-refractivity contribution in [2.24, 2.45) is 5.41 Å². The normalized spacial score (nSPS) is 20.8. The summed E-state index contributed by atoms with van der Waals surface area (Å²) < 4.78 is 0. The second-order valence-electron chi connectivity index (χ2n) is 5.02. The molecule has 4 nitrogen and oxygen atoms in total. The van der Waals surface area contributed by atoms with Crippen molar-refractivity contribution in [2.45, 2.75) is 39.7 Å². The van der Waals surface area contributed by atoms with Gasteiger partial charge in [0.15, 0.2) is 0 Å². The van der Waals surface area contributed by atoms with Crippen molar-refractivity contribution in [1.29, 1.82) is 0 Å². The summed E-state index contributed by atoms with van der Waals surface area (Å²) in [6.45, 7) is 9.40. The number of carbonyl (C=O) groups excluding carboxylic acids is 2. The second kappa shape index (κ2) is 5.85. The van der Waals surface area contributed by atoms with Crippen molar-refractivity contribution >= 4 is 12.7 Å². The number of likely N-dealkylation sites (tertiary alicyclic amines) is 1. The Morgan fingerprint density at radius 2 is 2.00 bits per heavy atom. The lowest BCUT2D eigenvalue weighted by Gasteiger charge is -2.22. The molecule has 0 saturated carbocycles. The smallest absolute Gasteiger partial charge is 0.223 e. The van der Waals surface area contributed by atoms with E-state index in [1.165, 1.54) is 0 Å². The number of nitrogens with zero attached hydrogens (tertiary/aromatic N) is 1. The minimum absolute atomic E-state index is 0.0463. The average molecular weight is 215 g/mol. The first-order chi connectivity index (χ1) is 6.88. The minimum Gasteiger partial charge on any atom is -0.391 e.